The van der Waals surface area contributed by atoms with Crippen molar-refractivity contribution in [1.82, 2.24) is 0 Å². The number of anilines is 1. The van der Waals surface area contributed by atoms with E-state index in [-0.39, 0.29) is 10.3 Å². The molecule has 28 heavy (non-hydrogen) atoms. The fourth-order valence-electron chi connectivity index (χ4n) is 5.74. The van der Waals surface area contributed by atoms with E-state index in [2.05, 4.69) is 21.2 Å². The van der Waals surface area contributed by atoms with Gasteiger partial charge >= 0.3 is 5.97 Å². The van der Waals surface area contributed by atoms with Gasteiger partial charge < -0.3 is 14.8 Å². The zero-order valence-electron chi connectivity index (χ0n) is 16.1. The van der Waals surface area contributed by atoms with Gasteiger partial charge in [0.2, 0.25) is 0 Å². The summed E-state index contributed by atoms with van der Waals surface area (Å²) in [7, 11) is 1.52. The van der Waals surface area contributed by atoms with Crippen LogP contribution in [0, 0.1) is 17.3 Å². The van der Waals surface area contributed by atoms with E-state index in [1.54, 1.807) is 25.1 Å². The molecule has 0 aliphatic heterocycles. The average molecular weight is 471 g/mol. The molecule has 5 rings (SSSR count). The highest BCUT2D eigenvalue weighted by atomic mass is 79.9. The summed E-state index contributed by atoms with van der Waals surface area (Å²) in [5, 5.41) is 3.24. The van der Waals surface area contributed by atoms with Crippen LogP contribution in [0.2, 0.25) is 5.02 Å². The molecule has 0 radical (unpaired) electrons. The minimum absolute atomic E-state index is 0.0652. The van der Waals surface area contributed by atoms with Gasteiger partial charge in [0.05, 0.1) is 18.2 Å². The first-order valence-corrected chi connectivity index (χ1v) is 10.9. The summed E-state index contributed by atoms with van der Waals surface area (Å²) in [6.45, 7) is 1.61. The summed E-state index contributed by atoms with van der Waals surface area (Å²) in [6.07, 6.45) is 5.18. The SMILES string of the molecule is COc1ccc(Cl)cc1NC(=O)[C@@H](C)OC(=O)C12C[C@H]3C[C@@H](CC(Br)(C3)C1)C2. The molecule has 4 fully saturated rings. The van der Waals surface area contributed by atoms with Gasteiger partial charge in [-0.2, -0.15) is 0 Å². The predicted molar refractivity (Wildman–Crippen MR) is 111 cm³/mol. The summed E-state index contributed by atoms with van der Waals surface area (Å²) in [5.41, 5.74) is 0.00712. The normalized spacial score (nSPS) is 34.0. The van der Waals surface area contributed by atoms with E-state index in [0.29, 0.717) is 28.3 Å². The number of hydrogen-bond acceptors (Lipinski definition) is 4. The zero-order chi connectivity index (χ0) is 20.1. The van der Waals surface area contributed by atoms with E-state index < -0.39 is 17.4 Å². The highest BCUT2D eigenvalue weighted by Gasteiger charge is 2.60. The topological polar surface area (TPSA) is 64.6 Å². The van der Waals surface area contributed by atoms with Crippen LogP contribution < -0.4 is 10.1 Å². The van der Waals surface area contributed by atoms with Gasteiger partial charge in [-0.25, -0.2) is 0 Å². The predicted octanol–water partition coefficient (Wildman–Crippen LogP) is 4.95. The van der Waals surface area contributed by atoms with Gasteiger partial charge in [-0.1, -0.05) is 27.5 Å². The van der Waals surface area contributed by atoms with E-state index in [9.17, 15) is 9.59 Å². The quantitative estimate of drug-likeness (QED) is 0.488. The summed E-state index contributed by atoms with van der Waals surface area (Å²) in [6, 6.07) is 4.97. The highest BCUT2D eigenvalue weighted by molar-refractivity contribution is 9.10. The van der Waals surface area contributed by atoms with Crippen molar-refractivity contribution in [2.75, 3.05) is 12.4 Å². The molecule has 1 aromatic rings. The molecule has 1 N–H and O–H groups in total. The van der Waals surface area contributed by atoms with Gasteiger partial charge in [-0.15, -0.1) is 0 Å². The van der Waals surface area contributed by atoms with Gasteiger partial charge in [0.25, 0.3) is 5.91 Å². The maximum absolute atomic E-state index is 13.1. The van der Waals surface area contributed by atoms with E-state index in [0.717, 1.165) is 32.1 Å². The molecule has 1 amide bonds. The Hall–Kier alpha value is -1.27. The number of nitrogens with one attached hydrogen (secondary N) is 1. The number of carbonyl (C=O) groups is 2. The van der Waals surface area contributed by atoms with Crippen LogP contribution in [0.25, 0.3) is 0 Å². The number of esters is 1. The van der Waals surface area contributed by atoms with Crippen molar-refractivity contribution < 1.29 is 19.1 Å². The summed E-state index contributed by atoms with van der Waals surface area (Å²) < 4.78 is 11.0. The lowest BCUT2D eigenvalue weighted by atomic mass is 9.49. The largest absolute Gasteiger partial charge is 0.495 e. The fraction of sp³-hybridized carbons (Fsp3) is 0.619. The molecule has 0 unspecified atom stereocenters. The first kappa shape index (κ1) is 20.0. The van der Waals surface area contributed by atoms with Crippen molar-refractivity contribution in [2.24, 2.45) is 17.3 Å². The van der Waals surface area contributed by atoms with E-state index in [4.69, 9.17) is 21.1 Å². The second-order valence-corrected chi connectivity index (χ2v) is 10.9. The number of alkyl halides is 1. The van der Waals surface area contributed by atoms with Crippen molar-refractivity contribution in [2.45, 2.75) is 55.9 Å². The molecule has 5 nitrogen and oxygen atoms in total. The van der Waals surface area contributed by atoms with Crippen LogP contribution in [-0.2, 0) is 14.3 Å². The summed E-state index contributed by atoms with van der Waals surface area (Å²) >= 11 is 9.92. The second kappa shape index (κ2) is 7.21. The molecule has 4 aliphatic carbocycles. The Morgan fingerprint density at radius 3 is 2.54 bits per heavy atom. The van der Waals surface area contributed by atoms with Crippen LogP contribution >= 0.6 is 27.5 Å². The minimum atomic E-state index is -0.893. The van der Waals surface area contributed by atoms with E-state index in [1.807, 2.05) is 0 Å². The van der Waals surface area contributed by atoms with Gasteiger partial charge in [0.15, 0.2) is 6.10 Å². The molecule has 1 aromatic carbocycles. The second-order valence-electron chi connectivity index (χ2n) is 8.77. The summed E-state index contributed by atoms with van der Waals surface area (Å²) in [4.78, 5) is 25.7. The van der Waals surface area contributed by atoms with Gasteiger partial charge in [-0.3, -0.25) is 9.59 Å². The number of benzene rings is 1. The van der Waals surface area contributed by atoms with Crippen LogP contribution in [0.4, 0.5) is 5.69 Å². The Bertz CT molecular complexity index is 800. The average Bonchev–Trinajstić information content (AvgIpc) is 2.59. The van der Waals surface area contributed by atoms with E-state index >= 15 is 0 Å². The Kier molecular flexibility index (Phi) is 5.15. The number of halogens is 2. The van der Waals surface area contributed by atoms with Crippen LogP contribution in [0.3, 0.4) is 0 Å². The van der Waals surface area contributed by atoms with Crippen LogP contribution in [0.1, 0.15) is 45.4 Å². The first-order chi connectivity index (χ1) is 13.2. The zero-order valence-corrected chi connectivity index (χ0v) is 18.4. The Labute approximate surface area is 178 Å². The van der Waals surface area contributed by atoms with Crippen LogP contribution in [0.15, 0.2) is 18.2 Å². The van der Waals surface area contributed by atoms with Crippen LogP contribution in [-0.4, -0.2) is 29.4 Å². The van der Waals surface area contributed by atoms with Crippen molar-refractivity contribution in [3.8, 4) is 5.75 Å². The fourth-order valence-corrected chi connectivity index (χ4v) is 7.37. The molecule has 3 atom stereocenters. The molecular formula is C21H25BrClNO4. The van der Waals surface area contributed by atoms with Crippen molar-refractivity contribution in [3.63, 3.8) is 0 Å². The number of ether oxygens (including phenoxy) is 2. The molecule has 0 spiro atoms. The Morgan fingerprint density at radius 1 is 1.25 bits per heavy atom. The molecule has 0 aromatic heterocycles. The van der Waals surface area contributed by atoms with Gasteiger partial charge in [-0.05, 0) is 75.5 Å². The molecule has 4 bridgehead atoms. The number of amides is 1. The minimum Gasteiger partial charge on any atom is -0.495 e. The first-order valence-electron chi connectivity index (χ1n) is 9.76. The highest BCUT2D eigenvalue weighted by Crippen LogP contribution is 2.64. The number of carbonyl (C=O) groups excluding carboxylic acids is 2. The molecular weight excluding hydrogens is 446 g/mol. The number of hydrogen-bond donors (Lipinski definition) is 1. The lowest BCUT2D eigenvalue weighted by Crippen LogP contribution is -2.56. The monoisotopic (exact) mass is 469 g/mol. The maximum atomic E-state index is 13.1. The molecule has 0 saturated heterocycles. The molecule has 0 heterocycles. The lowest BCUT2D eigenvalue weighted by Gasteiger charge is -2.58. The van der Waals surface area contributed by atoms with E-state index in [1.165, 1.54) is 13.5 Å². The van der Waals surface area contributed by atoms with Crippen molar-refractivity contribution >= 4 is 45.1 Å². The molecule has 152 valence electrons. The maximum Gasteiger partial charge on any atom is 0.312 e. The Morgan fingerprint density at radius 2 is 1.93 bits per heavy atom. The van der Waals surface area contributed by atoms with Crippen molar-refractivity contribution in [3.05, 3.63) is 23.2 Å². The Balaban J connectivity index is 1.44. The molecule has 4 saturated carbocycles. The smallest absolute Gasteiger partial charge is 0.312 e. The lowest BCUT2D eigenvalue weighted by molar-refractivity contribution is -0.175. The molecule has 4 aliphatic rings. The van der Waals surface area contributed by atoms with Gasteiger partial charge in [0, 0.05) is 9.35 Å². The third-order valence-electron chi connectivity index (χ3n) is 6.50. The molecule has 7 heteroatoms. The third-order valence-corrected chi connectivity index (χ3v) is 7.66. The van der Waals surface area contributed by atoms with Gasteiger partial charge in [0.1, 0.15) is 5.75 Å². The number of methoxy groups -OCH3 is 1. The van der Waals surface area contributed by atoms with Crippen LogP contribution in [0.5, 0.6) is 5.75 Å². The van der Waals surface area contributed by atoms with Crippen molar-refractivity contribution in [1.29, 1.82) is 0 Å². The number of rotatable bonds is 5. The third kappa shape index (κ3) is 3.65. The summed E-state index contributed by atoms with van der Waals surface area (Å²) in [5.74, 6) is 1.03. The standard InChI is InChI=1S/C21H25BrClNO4/c1-12(18(25)24-16-6-15(23)3-4-17(16)27-2)28-19(26)20-7-13-5-14(8-20)10-21(22,9-13)11-20/h3-4,6,12-14H,5,7-11H2,1-2H3,(H,24,25)/t12-,13-,14-,20?,21?/m1/s1.